The second-order valence-electron chi connectivity index (χ2n) is 8.28. The molecule has 0 aliphatic carbocycles. The highest BCUT2D eigenvalue weighted by Gasteiger charge is 2.43. The summed E-state index contributed by atoms with van der Waals surface area (Å²) in [6.45, 7) is 5.19. The Kier molecular flexibility index (Phi) is 7.44. The van der Waals surface area contributed by atoms with Gasteiger partial charge in [0.25, 0.3) is 15.9 Å². The van der Waals surface area contributed by atoms with Crippen LogP contribution in [0.25, 0.3) is 0 Å². The van der Waals surface area contributed by atoms with Gasteiger partial charge >= 0.3 is 0 Å². The summed E-state index contributed by atoms with van der Waals surface area (Å²) in [5, 5.41) is 3.25. The van der Waals surface area contributed by atoms with Crippen molar-refractivity contribution in [3.63, 3.8) is 0 Å². The standard InChI is InChI=1S/C23H26ClN3O5S/c1-15(2)12-25-22(29)16(3)26(13-17-7-6-8-18(24)11-17)21(28)14-27-23(30)19-9-4-5-10-20(19)33(27,31)32/h4-11,15-16H,12-14H2,1-3H3,(H,25,29). The normalized spacial score (nSPS) is 15.3. The molecule has 0 bridgehead atoms. The van der Waals surface area contributed by atoms with Crippen molar-refractivity contribution >= 4 is 39.3 Å². The molecule has 1 atom stereocenters. The van der Waals surface area contributed by atoms with E-state index in [0.29, 0.717) is 21.4 Å². The summed E-state index contributed by atoms with van der Waals surface area (Å²) in [5.41, 5.74) is 0.688. The Morgan fingerprint density at radius 2 is 1.79 bits per heavy atom. The first-order valence-corrected chi connectivity index (χ1v) is 12.3. The molecule has 3 amide bonds. The number of hydrogen-bond donors (Lipinski definition) is 1. The lowest BCUT2D eigenvalue weighted by atomic mass is 10.1. The van der Waals surface area contributed by atoms with Gasteiger partial charge in [0.1, 0.15) is 17.5 Å². The van der Waals surface area contributed by atoms with Gasteiger partial charge in [-0.25, -0.2) is 12.7 Å². The lowest BCUT2D eigenvalue weighted by molar-refractivity contribution is -0.140. The van der Waals surface area contributed by atoms with Gasteiger partial charge in [-0.2, -0.15) is 0 Å². The first-order valence-electron chi connectivity index (χ1n) is 10.5. The van der Waals surface area contributed by atoms with Gasteiger partial charge in [-0.15, -0.1) is 0 Å². The minimum Gasteiger partial charge on any atom is -0.354 e. The van der Waals surface area contributed by atoms with Crippen LogP contribution in [0.15, 0.2) is 53.4 Å². The fourth-order valence-electron chi connectivity index (χ4n) is 3.47. The van der Waals surface area contributed by atoms with Crippen LogP contribution in [-0.2, 0) is 26.2 Å². The summed E-state index contributed by atoms with van der Waals surface area (Å²) in [6, 6.07) is 11.7. The number of sulfonamides is 1. The van der Waals surface area contributed by atoms with E-state index < -0.39 is 34.4 Å². The molecule has 1 unspecified atom stereocenters. The second kappa shape index (κ2) is 9.93. The van der Waals surface area contributed by atoms with Crippen LogP contribution in [0.2, 0.25) is 5.02 Å². The van der Waals surface area contributed by atoms with Crippen LogP contribution in [0.5, 0.6) is 0 Å². The van der Waals surface area contributed by atoms with E-state index in [4.69, 9.17) is 11.6 Å². The molecule has 0 fully saturated rings. The van der Waals surface area contributed by atoms with E-state index in [1.807, 2.05) is 13.8 Å². The second-order valence-corrected chi connectivity index (χ2v) is 10.5. The van der Waals surface area contributed by atoms with E-state index in [-0.39, 0.29) is 28.8 Å². The van der Waals surface area contributed by atoms with Gasteiger partial charge in [-0.1, -0.05) is 49.7 Å². The fourth-order valence-corrected chi connectivity index (χ4v) is 5.20. The quantitative estimate of drug-likeness (QED) is 0.611. The summed E-state index contributed by atoms with van der Waals surface area (Å²) in [5.74, 6) is -1.60. The van der Waals surface area contributed by atoms with Crippen molar-refractivity contribution in [1.29, 1.82) is 0 Å². The highest BCUT2D eigenvalue weighted by Crippen LogP contribution is 2.30. The van der Waals surface area contributed by atoms with Crippen LogP contribution in [0.4, 0.5) is 0 Å². The number of nitrogens with one attached hydrogen (secondary N) is 1. The molecule has 10 heteroatoms. The van der Waals surface area contributed by atoms with E-state index in [9.17, 15) is 22.8 Å². The molecule has 0 radical (unpaired) electrons. The smallest absolute Gasteiger partial charge is 0.269 e. The molecule has 1 aliphatic rings. The number of carbonyl (C=O) groups excluding carboxylic acids is 3. The summed E-state index contributed by atoms with van der Waals surface area (Å²) < 4.78 is 26.3. The molecule has 1 N–H and O–H groups in total. The number of benzene rings is 2. The van der Waals surface area contributed by atoms with E-state index >= 15 is 0 Å². The van der Waals surface area contributed by atoms with Gasteiger partial charge in [-0.3, -0.25) is 14.4 Å². The lowest BCUT2D eigenvalue weighted by Gasteiger charge is -2.30. The maximum atomic E-state index is 13.3. The summed E-state index contributed by atoms with van der Waals surface area (Å²) >= 11 is 6.07. The van der Waals surface area contributed by atoms with Crippen LogP contribution in [0.1, 0.15) is 36.7 Å². The number of nitrogens with zero attached hydrogens (tertiary/aromatic N) is 2. The molecule has 2 aromatic rings. The average molecular weight is 492 g/mol. The number of rotatable bonds is 8. The van der Waals surface area contributed by atoms with Crippen molar-refractivity contribution in [1.82, 2.24) is 14.5 Å². The molecule has 1 heterocycles. The van der Waals surface area contributed by atoms with Gasteiger partial charge < -0.3 is 10.2 Å². The van der Waals surface area contributed by atoms with Gasteiger partial charge in [0.05, 0.1) is 5.56 Å². The monoisotopic (exact) mass is 491 g/mol. The predicted octanol–water partition coefficient (Wildman–Crippen LogP) is 2.67. The number of amides is 3. The lowest BCUT2D eigenvalue weighted by Crippen LogP contribution is -2.51. The molecule has 3 rings (SSSR count). The minimum atomic E-state index is -4.16. The molecule has 1 aliphatic heterocycles. The topological polar surface area (TPSA) is 104 Å². The Bertz CT molecular complexity index is 1180. The number of carbonyl (C=O) groups is 3. The molecule has 0 saturated heterocycles. The fraction of sp³-hybridized carbons (Fsp3) is 0.348. The van der Waals surface area contributed by atoms with Crippen LogP contribution in [0.3, 0.4) is 0 Å². The van der Waals surface area contributed by atoms with E-state index in [2.05, 4.69) is 5.32 Å². The van der Waals surface area contributed by atoms with E-state index in [0.717, 1.165) is 0 Å². The number of fused-ring (bicyclic) bond motifs is 1. The van der Waals surface area contributed by atoms with Crippen LogP contribution >= 0.6 is 11.6 Å². The summed E-state index contributed by atoms with van der Waals surface area (Å²) in [6.07, 6.45) is 0. The zero-order valence-corrected chi connectivity index (χ0v) is 20.2. The third-order valence-corrected chi connectivity index (χ3v) is 7.31. The highest BCUT2D eigenvalue weighted by atomic mass is 35.5. The molecule has 0 aromatic heterocycles. The van der Waals surface area contributed by atoms with Crippen LogP contribution in [-0.4, -0.2) is 54.5 Å². The van der Waals surface area contributed by atoms with E-state index in [1.165, 1.54) is 23.1 Å². The first kappa shape index (κ1) is 24.7. The van der Waals surface area contributed by atoms with Crippen LogP contribution in [0, 0.1) is 5.92 Å². The Morgan fingerprint density at radius 1 is 1.09 bits per heavy atom. The maximum absolute atomic E-state index is 13.3. The molecule has 176 valence electrons. The maximum Gasteiger partial charge on any atom is 0.269 e. The minimum absolute atomic E-state index is 0.0185. The highest BCUT2D eigenvalue weighted by molar-refractivity contribution is 7.90. The Balaban J connectivity index is 1.87. The van der Waals surface area contributed by atoms with Crippen molar-refractivity contribution in [2.75, 3.05) is 13.1 Å². The summed E-state index contributed by atoms with van der Waals surface area (Å²) in [7, 11) is -4.16. The Labute approximate surface area is 198 Å². The molecule has 8 nitrogen and oxygen atoms in total. The molecular weight excluding hydrogens is 466 g/mol. The summed E-state index contributed by atoms with van der Waals surface area (Å²) in [4.78, 5) is 39.9. The van der Waals surface area contributed by atoms with Crippen molar-refractivity contribution in [2.45, 2.75) is 38.3 Å². The zero-order valence-electron chi connectivity index (χ0n) is 18.6. The van der Waals surface area contributed by atoms with Crippen molar-refractivity contribution in [2.24, 2.45) is 5.92 Å². The number of halogens is 1. The Morgan fingerprint density at radius 3 is 2.42 bits per heavy atom. The first-order chi connectivity index (χ1) is 15.5. The van der Waals surface area contributed by atoms with Crippen LogP contribution < -0.4 is 5.32 Å². The average Bonchev–Trinajstić information content (AvgIpc) is 2.96. The third-order valence-electron chi connectivity index (χ3n) is 5.28. The van der Waals surface area contributed by atoms with Gasteiger partial charge in [0, 0.05) is 18.1 Å². The van der Waals surface area contributed by atoms with Crippen molar-refractivity contribution in [3.8, 4) is 0 Å². The molecule has 2 aromatic carbocycles. The SMILES string of the molecule is CC(C)CNC(=O)C(C)N(Cc1cccc(Cl)c1)C(=O)CN1C(=O)c2ccccc2S1(=O)=O. The molecule has 0 saturated carbocycles. The zero-order chi connectivity index (χ0) is 24.3. The van der Waals surface area contributed by atoms with Gasteiger partial charge in [0.2, 0.25) is 11.8 Å². The molecular formula is C23H26ClN3O5S. The molecule has 0 spiro atoms. The van der Waals surface area contributed by atoms with E-state index in [1.54, 1.807) is 37.3 Å². The van der Waals surface area contributed by atoms with Crippen molar-refractivity contribution < 1.29 is 22.8 Å². The Hall–Kier alpha value is -2.91. The van der Waals surface area contributed by atoms with Crippen molar-refractivity contribution in [3.05, 3.63) is 64.7 Å². The predicted molar refractivity (Wildman–Crippen MR) is 124 cm³/mol. The number of hydrogen-bond acceptors (Lipinski definition) is 5. The van der Waals surface area contributed by atoms with Gasteiger partial charge in [-0.05, 0) is 42.7 Å². The third kappa shape index (κ3) is 5.36. The largest absolute Gasteiger partial charge is 0.354 e. The van der Waals surface area contributed by atoms with Gasteiger partial charge in [0.15, 0.2) is 0 Å². The molecule has 33 heavy (non-hydrogen) atoms.